The molecule has 0 aliphatic heterocycles. The predicted molar refractivity (Wildman–Crippen MR) is 125 cm³/mol. The van der Waals surface area contributed by atoms with Gasteiger partial charge in [0.15, 0.2) is 0 Å². The topological polar surface area (TPSA) is 83.8 Å². The SMILES string of the molecule is C[C@@H]1CCc2sc(-c3nnc(SCC(=O)NCCc4c[nH]c5ccccc45)o3)cc2C1. The zero-order valence-electron chi connectivity index (χ0n) is 17.3. The molecule has 8 heteroatoms. The number of carbonyl (C=O) groups excluding carboxylic acids is 1. The summed E-state index contributed by atoms with van der Waals surface area (Å²) in [7, 11) is 0. The number of aryl methyl sites for hydroxylation is 1. The quantitative estimate of drug-likeness (QED) is 0.392. The summed E-state index contributed by atoms with van der Waals surface area (Å²) in [5.41, 5.74) is 3.74. The molecule has 0 saturated carbocycles. The van der Waals surface area contributed by atoms with Crippen molar-refractivity contribution in [2.24, 2.45) is 5.92 Å². The summed E-state index contributed by atoms with van der Waals surface area (Å²) in [5.74, 6) is 1.51. The Bertz CT molecular complexity index is 1210. The van der Waals surface area contributed by atoms with Gasteiger partial charge >= 0.3 is 0 Å². The Morgan fingerprint density at radius 1 is 1.35 bits per heavy atom. The Morgan fingerprint density at radius 3 is 3.19 bits per heavy atom. The van der Waals surface area contributed by atoms with Crippen LogP contribution in [0.25, 0.3) is 21.7 Å². The van der Waals surface area contributed by atoms with E-state index in [1.807, 2.05) is 18.3 Å². The van der Waals surface area contributed by atoms with E-state index in [9.17, 15) is 4.79 Å². The van der Waals surface area contributed by atoms with Crippen molar-refractivity contribution < 1.29 is 9.21 Å². The third-order valence-electron chi connectivity index (χ3n) is 5.66. The van der Waals surface area contributed by atoms with Gasteiger partial charge in [-0.2, -0.15) is 0 Å². The molecule has 6 nitrogen and oxygen atoms in total. The van der Waals surface area contributed by atoms with Crippen LogP contribution in [0.4, 0.5) is 0 Å². The monoisotopic (exact) mass is 452 g/mol. The van der Waals surface area contributed by atoms with Crippen LogP contribution in [0.2, 0.25) is 0 Å². The maximum atomic E-state index is 12.2. The van der Waals surface area contributed by atoms with E-state index in [2.05, 4.69) is 45.6 Å². The molecule has 1 amide bonds. The van der Waals surface area contributed by atoms with Crippen LogP contribution in [0, 0.1) is 5.92 Å². The molecule has 0 bridgehead atoms. The number of hydrogen-bond donors (Lipinski definition) is 2. The second-order valence-corrected chi connectivity index (χ2v) is 10.1. The minimum Gasteiger partial charge on any atom is -0.410 e. The molecule has 160 valence electrons. The van der Waals surface area contributed by atoms with Gasteiger partial charge in [-0.05, 0) is 54.9 Å². The van der Waals surface area contributed by atoms with Crippen molar-refractivity contribution in [3.05, 3.63) is 52.5 Å². The van der Waals surface area contributed by atoms with Crippen LogP contribution in [0.5, 0.6) is 0 Å². The average Bonchev–Trinajstić information content (AvgIpc) is 3.50. The molecular formula is C23H24N4O2S2. The maximum Gasteiger partial charge on any atom is 0.277 e. The second-order valence-electron chi connectivity index (χ2n) is 8.03. The predicted octanol–water partition coefficient (Wildman–Crippen LogP) is 4.86. The normalized spacial score (nSPS) is 15.8. The lowest BCUT2D eigenvalue weighted by atomic mass is 9.90. The van der Waals surface area contributed by atoms with E-state index in [1.54, 1.807) is 11.3 Å². The van der Waals surface area contributed by atoms with Gasteiger partial charge in [0.1, 0.15) is 0 Å². The number of rotatable bonds is 7. The van der Waals surface area contributed by atoms with Crippen molar-refractivity contribution in [1.82, 2.24) is 20.5 Å². The summed E-state index contributed by atoms with van der Waals surface area (Å²) in [5, 5.41) is 12.9. The van der Waals surface area contributed by atoms with Crippen LogP contribution >= 0.6 is 23.1 Å². The van der Waals surface area contributed by atoms with Gasteiger partial charge in [0.25, 0.3) is 11.1 Å². The van der Waals surface area contributed by atoms with Crippen molar-refractivity contribution in [3.8, 4) is 10.8 Å². The Hall–Kier alpha value is -2.58. The molecule has 3 aromatic heterocycles. The molecule has 0 saturated heterocycles. The van der Waals surface area contributed by atoms with E-state index < -0.39 is 0 Å². The van der Waals surface area contributed by atoms with Crippen molar-refractivity contribution >= 4 is 39.9 Å². The summed E-state index contributed by atoms with van der Waals surface area (Å²) in [6, 6.07) is 10.4. The molecule has 1 atom stereocenters. The minimum absolute atomic E-state index is 0.0369. The first-order valence-corrected chi connectivity index (χ1v) is 12.4. The van der Waals surface area contributed by atoms with Gasteiger partial charge in [-0.3, -0.25) is 4.79 Å². The fourth-order valence-corrected chi connectivity index (χ4v) is 5.75. The van der Waals surface area contributed by atoms with E-state index in [0.29, 0.717) is 17.7 Å². The average molecular weight is 453 g/mol. The van der Waals surface area contributed by atoms with E-state index >= 15 is 0 Å². The van der Waals surface area contributed by atoms with Crippen LogP contribution in [0.3, 0.4) is 0 Å². The first kappa shape index (κ1) is 20.3. The molecule has 0 fully saturated rings. The largest absolute Gasteiger partial charge is 0.410 e. The first-order chi connectivity index (χ1) is 15.2. The standard InChI is InChI=1S/C23H24N4O2S2/c1-14-6-7-19-16(10-14)11-20(31-19)22-26-27-23(29-22)30-13-21(28)24-9-8-15-12-25-18-5-3-2-4-17(15)18/h2-5,11-12,14,25H,6-10,13H2,1H3,(H,24,28)/t14-/m1/s1. The van der Waals surface area contributed by atoms with E-state index in [0.717, 1.165) is 35.6 Å². The lowest BCUT2D eigenvalue weighted by molar-refractivity contribution is -0.118. The number of carbonyl (C=O) groups is 1. The number of nitrogens with one attached hydrogen (secondary N) is 2. The fourth-order valence-electron chi connectivity index (χ4n) is 4.03. The smallest absolute Gasteiger partial charge is 0.277 e. The lowest BCUT2D eigenvalue weighted by Gasteiger charge is -2.16. The number of thioether (sulfide) groups is 1. The van der Waals surface area contributed by atoms with Gasteiger partial charge in [-0.25, -0.2) is 0 Å². The number of hydrogen-bond acceptors (Lipinski definition) is 6. The van der Waals surface area contributed by atoms with Gasteiger partial charge in [0.05, 0.1) is 10.6 Å². The highest BCUT2D eigenvalue weighted by atomic mass is 32.2. The summed E-state index contributed by atoms with van der Waals surface area (Å²) in [6.07, 6.45) is 6.30. The highest BCUT2D eigenvalue weighted by molar-refractivity contribution is 7.99. The summed E-state index contributed by atoms with van der Waals surface area (Å²) >= 11 is 3.03. The fraction of sp³-hybridized carbons (Fsp3) is 0.348. The number of aromatic nitrogens is 3. The maximum absolute atomic E-state index is 12.2. The number of H-pyrrole nitrogens is 1. The van der Waals surface area contributed by atoms with E-state index in [-0.39, 0.29) is 11.7 Å². The third-order valence-corrected chi connectivity index (χ3v) is 7.71. The number of amides is 1. The minimum atomic E-state index is -0.0369. The van der Waals surface area contributed by atoms with Gasteiger partial charge in [-0.15, -0.1) is 21.5 Å². The van der Waals surface area contributed by atoms with Crippen molar-refractivity contribution in [3.63, 3.8) is 0 Å². The Balaban J connectivity index is 1.11. The van der Waals surface area contributed by atoms with Gasteiger partial charge < -0.3 is 14.7 Å². The number of benzene rings is 1. The number of aromatic amines is 1. The van der Waals surface area contributed by atoms with Crippen molar-refractivity contribution in [1.29, 1.82) is 0 Å². The first-order valence-electron chi connectivity index (χ1n) is 10.6. The molecule has 4 aromatic rings. The summed E-state index contributed by atoms with van der Waals surface area (Å²) in [4.78, 5) is 18.0. The lowest BCUT2D eigenvalue weighted by Crippen LogP contribution is -2.27. The van der Waals surface area contributed by atoms with Crippen LogP contribution < -0.4 is 5.32 Å². The molecule has 1 aromatic carbocycles. The molecule has 31 heavy (non-hydrogen) atoms. The van der Waals surface area contributed by atoms with E-state index in [4.69, 9.17) is 4.42 Å². The van der Waals surface area contributed by atoms with Gasteiger partial charge in [-0.1, -0.05) is 36.9 Å². The van der Waals surface area contributed by atoms with Crippen LogP contribution in [0.15, 0.2) is 46.2 Å². The molecular weight excluding hydrogens is 428 g/mol. The van der Waals surface area contributed by atoms with Crippen molar-refractivity contribution in [2.75, 3.05) is 12.3 Å². The summed E-state index contributed by atoms with van der Waals surface area (Å²) in [6.45, 7) is 2.89. The molecule has 0 unspecified atom stereocenters. The Morgan fingerprint density at radius 2 is 2.26 bits per heavy atom. The summed E-state index contributed by atoms with van der Waals surface area (Å²) < 4.78 is 5.80. The molecule has 3 heterocycles. The number of para-hydroxylation sites is 1. The molecule has 0 radical (unpaired) electrons. The van der Waals surface area contributed by atoms with Gasteiger partial charge in [0.2, 0.25) is 5.91 Å². The second kappa shape index (κ2) is 8.88. The van der Waals surface area contributed by atoms with Crippen LogP contribution in [0.1, 0.15) is 29.3 Å². The molecule has 2 N–H and O–H groups in total. The molecule has 1 aliphatic rings. The molecule has 5 rings (SSSR count). The Kier molecular flexibility index (Phi) is 5.82. The highest BCUT2D eigenvalue weighted by Gasteiger charge is 2.21. The molecule has 1 aliphatic carbocycles. The highest BCUT2D eigenvalue weighted by Crippen LogP contribution is 2.37. The van der Waals surface area contributed by atoms with Crippen LogP contribution in [-0.4, -0.2) is 33.4 Å². The van der Waals surface area contributed by atoms with Gasteiger partial charge in [0, 0.05) is 28.5 Å². The zero-order valence-corrected chi connectivity index (χ0v) is 18.9. The van der Waals surface area contributed by atoms with Crippen molar-refractivity contribution in [2.45, 2.75) is 37.8 Å². The number of thiophene rings is 1. The number of fused-ring (bicyclic) bond motifs is 2. The zero-order chi connectivity index (χ0) is 21.2. The third kappa shape index (κ3) is 4.55. The van der Waals surface area contributed by atoms with E-state index in [1.165, 1.54) is 39.6 Å². The molecule has 0 spiro atoms. The van der Waals surface area contributed by atoms with Crippen LogP contribution in [-0.2, 0) is 24.1 Å². The number of nitrogens with zero attached hydrogens (tertiary/aromatic N) is 2. The Labute approximate surface area is 188 Å².